The van der Waals surface area contributed by atoms with E-state index in [-0.39, 0.29) is 0 Å². The minimum Gasteiger partial charge on any atom is -0.368 e. The third kappa shape index (κ3) is 4.67. The molecular weight excluding hydrogens is 428 g/mol. The van der Waals surface area contributed by atoms with Crippen LogP contribution in [0.1, 0.15) is 22.5 Å². The summed E-state index contributed by atoms with van der Waals surface area (Å²) in [6, 6.07) is 23.0. The first-order valence-electron chi connectivity index (χ1n) is 11.6. The highest BCUT2D eigenvalue weighted by atomic mass is 35.5. The van der Waals surface area contributed by atoms with Crippen molar-refractivity contribution in [2.75, 3.05) is 36.0 Å². The summed E-state index contributed by atoms with van der Waals surface area (Å²) in [5.74, 6) is 1.90. The second-order valence-electron chi connectivity index (χ2n) is 8.80. The molecule has 0 amide bonds. The Labute approximate surface area is 200 Å². The fourth-order valence-electron chi connectivity index (χ4n) is 4.62. The first-order chi connectivity index (χ1) is 16.1. The first-order valence-corrected chi connectivity index (χ1v) is 12.0. The largest absolute Gasteiger partial charge is 0.368 e. The molecule has 5 rings (SSSR count). The van der Waals surface area contributed by atoms with Gasteiger partial charge in [0, 0.05) is 48.7 Å². The lowest BCUT2D eigenvalue weighted by Gasteiger charge is -2.38. The lowest BCUT2D eigenvalue weighted by Crippen LogP contribution is -2.47. The van der Waals surface area contributed by atoms with Crippen molar-refractivity contribution < 1.29 is 0 Å². The Morgan fingerprint density at radius 1 is 0.788 bits per heavy atom. The summed E-state index contributed by atoms with van der Waals surface area (Å²) < 4.78 is 0. The van der Waals surface area contributed by atoms with Crippen LogP contribution in [-0.4, -0.2) is 36.1 Å². The number of hydrogen-bond acceptors (Lipinski definition) is 4. The molecule has 1 saturated heterocycles. The van der Waals surface area contributed by atoms with Gasteiger partial charge in [0.15, 0.2) is 0 Å². The van der Waals surface area contributed by atoms with Crippen molar-refractivity contribution in [2.45, 2.75) is 26.7 Å². The molecule has 3 aromatic carbocycles. The van der Waals surface area contributed by atoms with Gasteiger partial charge < -0.3 is 9.80 Å². The minimum absolute atomic E-state index is 0.721. The number of rotatable bonds is 5. The molecule has 2 heterocycles. The molecule has 1 aromatic heterocycles. The lowest BCUT2D eigenvalue weighted by molar-refractivity contribution is 0.645. The van der Waals surface area contributed by atoms with Gasteiger partial charge in [0.1, 0.15) is 11.6 Å². The Hall–Kier alpha value is -3.11. The van der Waals surface area contributed by atoms with E-state index in [0.717, 1.165) is 66.6 Å². The van der Waals surface area contributed by atoms with Crippen molar-refractivity contribution in [3.8, 4) is 0 Å². The van der Waals surface area contributed by atoms with Crippen molar-refractivity contribution in [3.05, 3.63) is 94.3 Å². The van der Waals surface area contributed by atoms with Gasteiger partial charge in [-0.2, -0.15) is 0 Å². The van der Waals surface area contributed by atoms with Crippen LogP contribution < -0.4 is 9.80 Å². The topological polar surface area (TPSA) is 32.3 Å². The second-order valence-corrected chi connectivity index (χ2v) is 9.24. The van der Waals surface area contributed by atoms with Gasteiger partial charge in [-0.1, -0.05) is 54.1 Å². The van der Waals surface area contributed by atoms with Crippen LogP contribution in [0.2, 0.25) is 5.02 Å². The van der Waals surface area contributed by atoms with Gasteiger partial charge >= 0.3 is 0 Å². The maximum Gasteiger partial charge on any atom is 0.140 e. The summed E-state index contributed by atoms with van der Waals surface area (Å²) in [7, 11) is 0. The van der Waals surface area contributed by atoms with E-state index in [1.165, 1.54) is 22.4 Å². The summed E-state index contributed by atoms with van der Waals surface area (Å²) in [5.41, 5.74) is 6.32. The van der Waals surface area contributed by atoms with E-state index in [0.29, 0.717) is 0 Å². The van der Waals surface area contributed by atoms with Crippen LogP contribution in [0.25, 0.3) is 10.9 Å². The quantitative estimate of drug-likeness (QED) is 0.368. The molecule has 33 heavy (non-hydrogen) atoms. The van der Waals surface area contributed by atoms with Gasteiger partial charge in [-0.15, -0.1) is 0 Å². The molecule has 1 aliphatic heterocycles. The predicted octanol–water partition coefficient (Wildman–Crippen LogP) is 6.01. The lowest BCUT2D eigenvalue weighted by atomic mass is 10.1. The molecule has 4 nitrogen and oxygen atoms in total. The average molecular weight is 457 g/mol. The number of aromatic nitrogens is 2. The predicted molar refractivity (Wildman–Crippen MR) is 139 cm³/mol. The van der Waals surface area contributed by atoms with Gasteiger partial charge in [0.05, 0.1) is 5.52 Å². The van der Waals surface area contributed by atoms with E-state index >= 15 is 0 Å². The highest BCUT2D eigenvalue weighted by molar-refractivity contribution is 6.31. The molecule has 0 atom stereocenters. The van der Waals surface area contributed by atoms with Gasteiger partial charge in [0.25, 0.3) is 0 Å². The van der Waals surface area contributed by atoms with E-state index in [1.54, 1.807) is 0 Å². The number of piperazine rings is 1. The zero-order valence-electron chi connectivity index (χ0n) is 19.3. The van der Waals surface area contributed by atoms with Crippen molar-refractivity contribution >= 4 is 34.0 Å². The van der Waals surface area contributed by atoms with Crippen LogP contribution in [0, 0.1) is 13.8 Å². The van der Waals surface area contributed by atoms with Crippen LogP contribution in [0.3, 0.4) is 0 Å². The molecule has 0 spiro atoms. The SMILES string of the molecule is Cc1cccc(N2CCN(c3nc(CCc4ccccc4)nc4ccc(Cl)cc34)CC2)c1C. The summed E-state index contributed by atoms with van der Waals surface area (Å²) >= 11 is 6.36. The molecule has 168 valence electrons. The molecule has 0 saturated carbocycles. The third-order valence-corrected chi connectivity index (χ3v) is 6.90. The number of fused-ring (bicyclic) bond motifs is 1. The van der Waals surface area contributed by atoms with Gasteiger partial charge in [-0.05, 0) is 61.2 Å². The highest BCUT2D eigenvalue weighted by Crippen LogP contribution is 2.30. The fraction of sp³-hybridized carbons (Fsp3) is 0.286. The number of aryl methyl sites for hydroxylation is 3. The molecule has 1 fully saturated rings. The Morgan fingerprint density at radius 3 is 2.33 bits per heavy atom. The van der Waals surface area contributed by atoms with Crippen molar-refractivity contribution in [3.63, 3.8) is 0 Å². The molecule has 1 aliphatic rings. The maximum absolute atomic E-state index is 6.36. The Balaban J connectivity index is 1.40. The van der Waals surface area contributed by atoms with E-state index in [9.17, 15) is 0 Å². The van der Waals surface area contributed by atoms with Gasteiger partial charge in [0.2, 0.25) is 0 Å². The van der Waals surface area contributed by atoms with Crippen molar-refractivity contribution in [1.82, 2.24) is 9.97 Å². The van der Waals surface area contributed by atoms with E-state index in [2.05, 4.69) is 72.2 Å². The number of halogens is 1. The Kier molecular flexibility index (Phi) is 6.19. The fourth-order valence-corrected chi connectivity index (χ4v) is 4.79. The second kappa shape index (κ2) is 9.40. The standard InChI is InChI=1S/C28H29ClN4/c1-20-7-6-10-26(21(20)2)32-15-17-33(18-16-32)28-24-19-23(29)12-13-25(24)30-27(31-28)14-11-22-8-4-3-5-9-22/h3-10,12-13,19H,11,14-18H2,1-2H3. The molecule has 0 radical (unpaired) electrons. The van der Waals surface area contributed by atoms with Crippen LogP contribution in [0.4, 0.5) is 11.5 Å². The highest BCUT2D eigenvalue weighted by Gasteiger charge is 2.22. The van der Waals surface area contributed by atoms with Crippen LogP contribution in [0.5, 0.6) is 0 Å². The summed E-state index contributed by atoms with van der Waals surface area (Å²) in [6.45, 7) is 8.18. The summed E-state index contributed by atoms with van der Waals surface area (Å²) in [4.78, 5) is 14.8. The number of hydrogen-bond donors (Lipinski definition) is 0. The van der Waals surface area contributed by atoms with Gasteiger partial charge in [-0.3, -0.25) is 0 Å². The number of benzene rings is 3. The molecule has 0 unspecified atom stereocenters. The average Bonchev–Trinajstić information content (AvgIpc) is 2.85. The normalized spacial score (nSPS) is 14.2. The minimum atomic E-state index is 0.721. The van der Waals surface area contributed by atoms with Crippen LogP contribution in [0.15, 0.2) is 66.7 Å². The first kappa shape index (κ1) is 21.7. The van der Waals surface area contributed by atoms with Crippen molar-refractivity contribution in [1.29, 1.82) is 0 Å². The molecule has 5 heteroatoms. The van der Waals surface area contributed by atoms with E-state index < -0.39 is 0 Å². The molecule has 0 bridgehead atoms. The molecule has 4 aromatic rings. The molecule has 0 N–H and O–H groups in total. The Bertz CT molecular complexity index is 1260. The third-order valence-electron chi connectivity index (χ3n) is 6.66. The number of anilines is 2. The van der Waals surface area contributed by atoms with Crippen LogP contribution in [-0.2, 0) is 12.8 Å². The monoisotopic (exact) mass is 456 g/mol. The summed E-state index contributed by atoms with van der Waals surface area (Å²) in [6.07, 6.45) is 1.75. The summed E-state index contributed by atoms with van der Waals surface area (Å²) in [5, 5.41) is 1.75. The maximum atomic E-state index is 6.36. The van der Waals surface area contributed by atoms with E-state index in [1.807, 2.05) is 18.2 Å². The zero-order valence-corrected chi connectivity index (χ0v) is 20.0. The van der Waals surface area contributed by atoms with E-state index in [4.69, 9.17) is 21.6 Å². The Morgan fingerprint density at radius 2 is 1.55 bits per heavy atom. The molecule has 0 aliphatic carbocycles. The van der Waals surface area contributed by atoms with Gasteiger partial charge in [-0.25, -0.2) is 9.97 Å². The van der Waals surface area contributed by atoms with Crippen molar-refractivity contribution in [2.24, 2.45) is 0 Å². The number of nitrogens with zero attached hydrogens (tertiary/aromatic N) is 4. The van der Waals surface area contributed by atoms with Crippen LogP contribution >= 0.6 is 11.6 Å². The molecular formula is C28H29ClN4. The smallest absolute Gasteiger partial charge is 0.140 e. The zero-order chi connectivity index (χ0) is 22.8.